The zero-order valence-electron chi connectivity index (χ0n) is 11.6. The first-order chi connectivity index (χ1) is 10.0. The molecule has 2 unspecified atom stereocenters. The number of hydrogen-bond acceptors (Lipinski definition) is 2. The summed E-state index contributed by atoms with van der Waals surface area (Å²) >= 11 is 0. The molecule has 1 aliphatic heterocycles. The second-order valence-electron chi connectivity index (χ2n) is 5.90. The molecule has 1 heterocycles. The van der Waals surface area contributed by atoms with E-state index in [4.69, 9.17) is 0 Å². The summed E-state index contributed by atoms with van der Waals surface area (Å²) in [5.74, 6) is -5.91. The number of alkyl halides is 6. The third-order valence-corrected chi connectivity index (χ3v) is 6.51. The van der Waals surface area contributed by atoms with Crippen LogP contribution in [0.25, 0.3) is 0 Å². The molecule has 0 N–H and O–H groups in total. The molecule has 0 bridgehead atoms. The molecule has 2 fully saturated rings. The molecule has 1 saturated carbocycles. The van der Waals surface area contributed by atoms with Gasteiger partial charge in [0.25, 0.3) is 10.0 Å². The van der Waals surface area contributed by atoms with Crippen molar-refractivity contribution >= 4 is 10.0 Å². The Morgan fingerprint density at radius 1 is 0.955 bits per heavy atom. The highest BCUT2D eigenvalue weighted by Gasteiger charge is 2.72. The topological polar surface area (TPSA) is 37.4 Å². The number of rotatable bonds is 4. The maximum absolute atomic E-state index is 13.6. The van der Waals surface area contributed by atoms with E-state index < -0.39 is 27.6 Å². The van der Waals surface area contributed by atoms with E-state index in [1.54, 1.807) is 0 Å². The Kier molecular flexibility index (Phi) is 4.74. The summed E-state index contributed by atoms with van der Waals surface area (Å²) in [6.45, 7) is -0.639. The van der Waals surface area contributed by atoms with Gasteiger partial charge in [0.15, 0.2) is 0 Å². The Morgan fingerprint density at radius 3 is 2.05 bits per heavy atom. The molecule has 2 rings (SSSR count). The quantitative estimate of drug-likeness (QED) is 0.727. The molecule has 2 atom stereocenters. The van der Waals surface area contributed by atoms with Crippen LogP contribution in [0.2, 0.25) is 0 Å². The number of nitrogens with zero attached hydrogens (tertiary/aromatic N) is 1. The van der Waals surface area contributed by atoms with Crippen LogP contribution in [-0.4, -0.2) is 43.4 Å². The first-order valence-corrected chi connectivity index (χ1v) is 8.49. The van der Waals surface area contributed by atoms with E-state index in [1.165, 1.54) is 0 Å². The van der Waals surface area contributed by atoms with Gasteiger partial charge in [-0.1, -0.05) is 19.3 Å². The van der Waals surface area contributed by atoms with Crippen LogP contribution in [0, 0.1) is 11.8 Å². The van der Waals surface area contributed by atoms with Crippen LogP contribution in [0.5, 0.6) is 0 Å². The van der Waals surface area contributed by atoms with E-state index in [9.17, 15) is 34.8 Å². The fourth-order valence-corrected chi connectivity index (χ4v) is 4.74. The molecule has 10 heteroatoms. The summed E-state index contributed by atoms with van der Waals surface area (Å²) in [6.07, 6.45) is -1.20. The minimum atomic E-state index is -5.92. The molecular weight excluding hydrogens is 336 g/mol. The second kappa shape index (κ2) is 5.85. The van der Waals surface area contributed by atoms with Crippen molar-refractivity contribution < 1.29 is 34.8 Å². The van der Waals surface area contributed by atoms with Crippen molar-refractivity contribution in [1.29, 1.82) is 0 Å². The van der Waals surface area contributed by atoms with Crippen molar-refractivity contribution in [1.82, 2.24) is 4.31 Å². The number of hydrogen-bond donors (Lipinski definition) is 0. The van der Waals surface area contributed by atoms with Gasteiger partial charge < -0.3 is 0 Å². The SMILES string of the molecule is O=S(=O)(N1CCC2CCCCC2C1)C(F)(F)C(F)(F)C(F)F. The molecule has 22 heavy (non-hydrogen) atoms. The van der Waals surface area contributed by atoms with Gasteiger partial charge in [0, 0.05) is 13.1 Å². The number of piperidine rings is 1. The Bertz CT molecular complexity index is 510. The largest absolute Gasteiger partial charge is 0.426 e. The van der Waals surface area contributed by atoms with Gasteiger partial charge in [0.1, 0.15) is 0 Å². The summed E-state index contributed by atoms with van der Waals surface area (Å²) in [5.41, 5.74) is 0. The van der Waals surface area contributed by atoms with Gasteiger partial charge in [-0.2, -0.15) is 21.9 Å². The number of halogens is 6. The molecule has 1 aliphatic carbocycles. The fraction of sp³-hybridized carbons (Fsp3) is 1.00. The molecule has 0 spiro atoms. The summed E-state index contributed by atoms with van der Waals surface area (Å²) < 4.78 is 101. The average Bonchev–Trinajstić information content (AvgIpc) is 2.46. The van der Waals surface area contributed by atoms with Crippen LogP contribution in [-0.2, 0) is 10.0 Å². The minimum absolute atomic E-state index is 0.173. The Morgan fingerprint density at radius 2 is 1.50 bits per heavy atom. The normalized spacial score (nSPS) is 28.7. The van der Waals surface area contributed by atoms with Crippen molar-refractivity contribution in [2.75, 3.05) is 13.1 Å². The molecule has 3 nitrogen and oxygen atoms in total. The van der Waals surface area contributed by atoms with Gasteiger partial charge in [-0.3, -0.25) is 0 Å². The van der Waals surface area contributed by atoms with Crippen LogP contribution in [0.4, 0.5) is 26.3 Å². The van der Waals surface area contributed by atoms with Crippen molar-refractivity contribution in [3.63, 3.8) is 0 Å². The van der Waals surface area contributed by atoms with E-state index in [2.05, 4.69) is 0 Å². The summed E-state index contributed by atoms with van der Waals surface area (Å²) in [4.78, 5) is 0. The lowest BCUT2D eigenvalue weighted by molar-refractivity contribution is -0.226. The van der Waals surface area contributed by atoms with Gasteiger partial charge in [-0.15, -0.1) is 0 Å². The third kappa shape index (κ3) is 2.72. The molecule has 1 saturated heterocycles. The van der Waals surface area contributed by atoms with Gasteiger partial charge in [0.2, 0.25) is 0 Å². The highest BCUT2D eigenvalue weighted by Crippen LogP contribution is 2.46. The first kappa shape index (κ1) is 17.8. The third-order valence-electron chi connectivity index (χ3n) is 4.58. The second-order valence-corrected chi connectivity index (χ2v) is 7.88. The number of sulfonamides is 1. The predicted octanol–water partition coefficient (Wildman–Crippen LogP) is 3.32. The molecule has 0 aromatic heterocycles. The Labute approximate surface area is 124 Å². The van der Waals surface area contributed by atoms with Crippen LogP contribution in [0.3, 0.4) is 0 Å². The van der Waals surface area contributed by atoms with E-state index in [-0.39, 0.29) is 29.2 Å². The van der Waals surface area contributed by atoms with Crippen molar-refractivity contribution in [3.8, 4) is 0 Å². The first-order valence-electron chi connectivity index (χ1n) is 7.05. The van der Waals surface area contributed by atoms with Gasteiger partial charge in [-0.25, -0.2) is 17.2 Å². The maximum atomic E-state index is 13.6. The Hall–Kier alpha value is -0.510. The van der Waals surface area contributed by atoms with Gasteiger partial charge in [0.05, 0.1) is 0 Å². The predicted molar refractivity (Wildman–Crippen MR) is 66.5 cm³/mol. The highest BCUT2D eigenvalue weighted by molar-refractivity contribution is 7.90. The van der Waals surface area contributed by atoms with Crippen LogP contribution >= 0.6 is 0 Å². The molecule has 0 radical (unpaired) electrons. The lowest BCUT2D eigenvalue weighted by Gasteiger charge is -2.42. The van der Waals surface area contributed by atoms with Crippen LogP contribution < -0.4 is 0 Å². The van der Waals surface area contributed by atoms with E-state index >= 15 is 0 Å². The van der Waals surface area contributed by atoms with Crippen molar-refractivity contribution in [2.45, 2.75) is 49.7 Å². The average molecular weight is 353 g/mol. The standard InChI is InChI=1S/C12H17F6NO2S/c13-10(14)11(15,16)12(17,18)22(20,21)19-6-5-8-3-1-2-4-9(8)7-19/h8-10H,1-7H2. The summed E-state index contributed by atoms with van der Waals surface area (Å²) in [5, 5.41) is -5.82. The zero-order chi connectivity index (χ0) is 16.8. The summed E-state index contributed by atoms with van der Waals surface area (Å²) in [6, 6.07) is 0. The van der Waals surface area contributed by atoms with E-state index in [1.807, 2.05) is 0 Å². The molecule has 2 aliphatic rings. The molecule has 0 aromatic rings. The van der Waals surface area contributed by atoms with Crippen molar-refractivity contribution in [3.05, 3.63) is 0 Å². The highest BCUT2D eigenvalue weighted by atomic mass is 32.2. The summed E-state index contributed by atoms with van der Waals surface area (Å²) in [7, 11) is -5.84. The van der Waals surface area contributed by atoms with Gasteiger partial charge >= 0.3 is 17.6 Å². The van der Waals surface area contributed by atoms with Crippen LogP contribution in [0.15, 0.2) is 0 Å². The van der Waals surface area contributed by atoms with Crippen molar-refractivity contribution in [2.24, 2.45) is 11.8 Å². The number of fused-ring (bicyclic) bond motifs is 1. The maximum Gasteiger partial charge on any atom is 0.426 e. The lowest BCUT2D eigenvalue weighted by Crippen LogP contribution is -2.58. The molecule has 0 aromatic carbocycles. The smallest absolute Gasteiger partial charge is 0.206 e. The zero-order valence-corrected chi connectivity index (χ0v) is 12.4. The van der Waals surface area contributed by atoms with Gasteiger partial charge in [-0.05, 0) is 24.7 Å². The lowest BCUT2D eigenvalue weighted by atomic mass is 9.76. The molecule has 130 valence electrons. The van der Waals surface area contributed by atoms with E-state index in [0.717, 1.165) is 19.3 Å². The van der Waals surface area contributed by atoms with Crippen LogP contribution in [0.1, 0.15) is 32.1 Å². The van der Waals surface area contributed by atoms with E-state index in [0.29, 0.717) is 12.8 Å². The fourth-order valence-electron chi connectivity index (χ4n) is 3.25. The molecular formula is C12H17F6NO2S. The Balaban J connectivity index is 2.23. The monoisotopic (exact) mass is 353 g/mol. The molecule has 0 amide bonds. The minimum Gasteiger partial charge on any atom is -0.206 e.